The van der Waals surface area contributed by atoms with Gasteiger partial charge in [0, 0.05) is 24.5 Å². The molecule has 2 aromatic rings. The van der Waals surface area contributed by atoms with Crippen molar-refractivity contribution in [3.63, 3.8) is 0 Å². The van der Waals surface area contributed by atoms with Crippen LogP contribution >= 0.6 is 0 Å². The SMILES string of the molecule is CN(CCC1CCC1)c1[nH]c2ccccc2c1C=O. The molecule has 0 spiro atoms. The fourth-order valence-corrected chi connectivity index (χ4v) is 2.84. The quantitative estimate of drug-likeness (QED) is 0.830. The standard InChI is InChI=1S/C16H20N2O/c1-18(10-9-12-5-4-6-12)16-14(11-19)13-7-2-3-8-15(13)17-16/h2-3,7-8,11-12,17H,4-6,9-10H2,1H3. The zero-order valence-corrected chi connectivity index (χ0v) is 11.4. The molecular formula is C16H20N2O. The van der Waals surface area contributed by atoms with Crippen molar-refractivity contribution < 1.29 is 4.79 Å². The predicted octanol–water partition coefficient (Wildman–Crippen LogP) is 3.61. The first-order chi connectivity index (χ1) is 9.29. The minimum Gasteiger partial charge on any atom is -0.361 e. The second-order valence-electron chi connectivity index (χ2n) is 5.56. The van der Waals surface area contributed by atoms with E-state index in [1.165, 1.54) is 25.7 Å². The monoisotopic (exact) mass is 256 g/mol. The van der Waals surface area contributed by atoms with Crippen LogP contribution in [0.2, 0.25) is 0 Å². The van der Waals surface area contributed by atoms with Crippen LogP contribution in [0.15, 0.2) is 24.3 Å². The Morgan fingerprint density at radius 1 is 1.37 bits per heavy atom. The molecule has 100 valence electrons. The topological polar surface area (TPSA) is 36.1 Å². The predicted molar refractivity (Wildman–Crippen MR) is 78.9 cm³/mol. The third-order valence-corrected chi connectivity index (χ3v) is 4.32. The van der Waals surface area contributed by atoms with E-state index in [1.54, 1.807) is 0 Å². The van der Waals surface area contributed by atoms with E-state index in [1.807, 2.05) is 24.3 Å². The maximum absolute atomic E-state index is 11.4. The number of aromatic nitrogens is 1. The number of benzene rings is 1. The van der Waals surface area contributed by atoms with Crippen LogP contribution in [-0.2, 0) is 0 Å². The van der Waals surface area contributed by atoms with Crippen molar-refractivity contribution in [3.05, 3.63) is 29.8 Å². The fraction of sp³-hybridized carbons (Fsp3) is 0.438. The van der Waals surface area contributed by atoms with Gasteiger partial charge < -0.3 is 9.88 Å². The number of nitrogens with one attached hydrogen (secondary N) is 1. The first-order valence-electron chi connectivity index (χ1n) is 7.06. The summed E-state index contributed by atoms with van der Waals surface area (Å²) in [6.07, 6.45) is 6.33. The third kappa shape index (κ3) is 2.25. The van der Waals surface area contributed by atoms with Crippen LogP contribution in [0.25, 0.3) is 10.9 Å². The minimum absolute atomic E-state index is 0.784. The molecule has 0 bridgehead atoms. The highest BCUT2D eigenvalue weighted by molar-refractivity contribution is 6.03. The summed E-state index contributed by atoms with van der Waals surface area (Å²) in [5.41, 5.74) is 1.82. The maximum atomic E-state index is 11.4. The Balaban J connectivity index is 1.83. The van der Waals surface area contributed by atoms with Gasteiger partial charge in [-0.15, -0.1) is 0 Å². The number of nitrogens with zero attached hydrogens (tertiary/aromatic N) is 1. The van der Waals surface area contributed by atoms with Crippen LogP contribution in [-0.4, -0.2) is 24.9 Å². The molecule has 1 aromatic heterocycles. The average Bonchev–Trinajstić information content (AvgIpc) is 2.75. The van der Waals surface area contributed by atoms with Gasteiger partial charge in [0.05, 0.1) is 5.56 Å². The summed E-state index contributed by atoms with van der Waals surface area (Å²) in [5, 5.41) is 1.02. The number of aromatic amines is 1. The number of fused-ring (bicyclic) bond motifs is 1. The number of rotatable bonds is 5. The highest BCUT2D eigenvalue weighted by atomic mass is 16.1. The van der Waals surface area contributed by atoms with Crippen LogP contribution in [0.5, 0.6) is 0 Å². The van der Waals surface area contributed by atoms with Gasteiger partial charge in [-0.3, -0.25) is 4.79 Å². The summed E-state index contributed by atoms with van der Waals surface area (Å²) in [6.45, 7) is 1.01. The molecule has 1 aliphatic rings. The van der Waals surface area contributed by atoms with Gasteiger partial charge in [-0.05, 0) is 18.4 Å². The number of hydrogen-bond acceptors (Lipinski definition) is 2. The van der Waals surface area contributed by atoms with Crippen LogP contribution in [0.4, 0.5) is 5.82 Å². The Bertz CT molecular complexity index is 583. The summed E-state index contributed by atoms with van der Waals surface area (Å²) >= 11 is 0. The Morgan fingerprint density at radius 2 is 2.16 bits per heavy atom. The van der Waals surface area contributed by atoms with Crippen LogP contribution < -0.4 is 4.90 Å². The number of carbonyl (C=O) groups excluding carboxylic acids is 1. The molecule has 3 nitrogen and oxygen atoms in total. The van der Waals surface area contributed by atoms with Crippen LogP contribution in [0.1, 0.15) is 36.0 Å². The van der Waals surface area contributed by atoms with Crippen LogP contribution in [0, 0.1) is 5.92 Å². The lowest BCUT2D eigenvalue weighted by Gasteiger charge is -2.28. The molecule has 0 saturated heterocycles. The van der Waals surface area contributed by atoms with Crippen molar-refractivity contribution in [2.24, 2.45) is 5.92 Å². The first-order valence-corrected chi connectivity index (χ1v) is 7.06. The van der Waals surface area contributed by atoms with Gasteiger partial charge in [0.1, 0.15) is 5.82 Å². The molecule has 1 N–H and O–H groups in total. The molecule has 1 heterocycles. The zero-order valence-electron chi connectivity index (χ0n) is 11.4. The lowest BCUT2D eigenvalue weighted by atomic mass is 9.83. The molecule has 1 fully saturated rings. The first kappa shape index (κ1) is 12.3. The van der Waals surface area contributed by atoms with Crippen molar-refractivity contribution in [1.82, 2.24) is 4.98 Å². The van der Waals surface area contributed by atoms with E-state index in [0.29, 0.717) is 0 Å². The molecule has 0 unspecified atom stereocenters. The van der Waals surface area contributed by atoms with Gasteiger partial charge in [-0.2, -0.15) is 0 Å². The second-order valence-corrected chi connectivity index (χ2v) is 5.56. The van der Waals surface area contributed by atoms with Crippen molar-refractivity contribution in [1.29, 1.82) is 0 Å². The normalized spacial score (nSPS) is 15.4. The highest BCUT2D eigenvalue weighted by Crippen LogP contribution is 2.31. The Hall–Kier alpha value is -1.77. The van der Waals surface area contributed by atoms with Gasteiger partial charge in [0.2, 0.25) is 0 Å². The van der Waals surface area contributed by atoms with Gasteiger partial charge in [0.15, 0.2) is 6.29 Å². The summed E-state index contributed by atoms with van der Waals surface area (Å²) in [7, 11) is 2.07. The number of para-hydroxylation sites is 1. The molecule has 0 aliphatic heterocycles. The molecule has 1 aromatic carbocycles. The van der Waals surface area contributed by atoms with Crippen molar-refractivity contribution in [2.45, 2.75) is 25.7 Å². The van der Waals surface area contributed by atoms with Gasteiger partial charge >= 0.3 is 0 Å². The van der Waals surface area contributed by atoms with Crippen molar-refractivity contribution in [3.8, 4) is 0 Å². The van der Waals surface area contributed by atoms with Gasteiger partial charge in [-0.1, -0.05) is 37.5 Å². The second kappa shape index (κ2) is 5.08. The number of carbonyl (C=O) groups is 1. The molecule has 1 saturated carbocycles. The van der Waals surface area contributed by atoms with Crippen molar-refractivity contribution >= 4 is 23.0 Å². The summed E-state index contributed by atoms with van der Waals surface area (Å²) in [4.78, 5) is 16.9. The summed E-state index contributed by atoms with van der Waals surface area (Å²) < 4.78 is 0. The largest absolute Gasteiger partial charge is 0.361 e. The van der Waals surface area contributed by atoms with E-state index in [-0.39, 0.29) is 0 Å². The van der Waals surface area contributed by atoms with E-state index < -0.39 is 0 Å². The molecule has 19 heavy (non-hydrogen) atoms. The molecule has 3 heteroatoms. The van der Waals surface area contributed by atoms with Gasteiger partial charge in [-0.25, -0.2) is 0 Å². The van der Waals surface area contributed by atoms with E-state index in [0.717, 1.165) is 41.0 Å². The average molecular weight is 256 g/mol. The van der Waals surface area contributed by atoms with E-state index in [2.05, 4.69) is 16.9 Å². The number of hydrogen-bond donors (Lipinski definition) is 1. The van der Waals surface area contributed by atoms with Crippen LogP contribution in [0.3, 0.4) is 0 Å². The molecular weight excluding hydrogens is 236 g/mol. The summed E-state index contributed by atoms with van der Waals surface area (Å²) in [6, 6.07) is 7.98. The van der Waals surface area contributed by atoms with Gasteiger partial charge in [0.25, 0.3) is 0 Å². The Labute approximate surface area is 113 Å². The molecule has 3 rings (SSSR count). The minimum atomic E-state index is 0.784. The fourth-order valence-electron chi connectivity index (χ4n) is 2.84. The van der Waals surface area contributed by atoms with E-state index >= 15 is 0 Å². The summed E-state index contributed by atoms with van der Waals surface area (Å²) in [5.74, 6) is 1.85. The van der Waals surface area contributed by atoms with E-state index in [9.17, 15) is 4.79 Å². The highest BCUT2D eigenvalue weighted by Gasteiger charge is 2.19. The lowest BCUT2D eigenvalue weighted by Crippen LogP contribution is -2.24. The zero-order chi connectivity index (χ0) is 13.2. The van der Waals surface area contributed by atoms with Crippen molar-refractivity contribution in [2.75, 3.05) is 18.5 Å². The third-order valence-electron chi connectivity index (χ3n) is 4.32. The number of aldehydes is 1. The maximum Gasteiger partial charge on any atom is 0.154 e. The van der Waals surface area contributed by atoms with E-state index in [4.69, 9.17) is 0 Å². The molecule has 0 amide bonds. The number of anilines is 1. The Morgan fingerprint density at radius 3 is 2.84 bits per heavy atom. The lowest BCUT2D eigenvalue weighted by molar-refractivity contribution is 0.112. The molecule has 0 radical (unpaired) electrons. The molecule has 0 atom stereocenters. The number of H-pyrrole nitrogens is 1. The smallest absolute Gasteiger partial charge is 0.154 e. The Kier molecular flexibility index (Phi) is 3.28. The molecule has 1 aliphatic carbocycles.